The summed E-state index contributed by atoms with van der Waals surface area (Å²) >= 11 is 0. The molecular formula is C23H15O9S-3. The zero-order chi connectivity index (χ0) is 24.7. The van der Waals surface area contributed by atoms with Gasteiger partial charge in [-0.25, -0.2) is 13.2 Å². The van der Waals surface area contributed by atoms with Crippen LogP contribution in [0.15, 0.2) is 70.2 Å². The lowest BCUT2D eigenvalue weighted by molar-refractivity contribution is -0.276. The van der Waals surface area contributed by atoms with Crippen LogP contribution >= 0.6 is 0 Å². The SMILES string of the molecule is CC1=CC(=C(c2cc(C)c([O-])c(C(=O)[O-])c2)c2ccccc2S(=O)(=O)[O-])C=C(C(=O)O)C1=O. The summed E-state index contributed by atoms with van der Waals surface area (Å²) in [5, 5.41) is 33.2. The third-order valence-corrected chi connectivity index (χ3v) is 5.90. The minimum absolute atomic E-state index is 0.0109. The molecule has 0 bridgehead atoms. The van der Waals surface area contributed by atoms with Crippen molar-refractivity contribution in [3.05, 3.63) is 87.5 Å². The van der Waals surface area contributed by atoms with Crippen LogP contribution in [0.1, 0.15) is 34.0 Å². The summed E-state index contributed by atoms with van der Waals surface area (Å²) in [6, 6.07) is 7.28. The lowest BCUT2D eigenvalue weighted by atomic mass is 9.85. The van der Waals surface area contributed by atoms with E-state index in [4.69, 9.17) is 0 Å². The van der Waals surface area contributed by atoms with Crippen LogP contribution in [-0.2, 0) is 19.7 Å². The molecule has 0 saturated heterocycles. The normalized spacial score (nSPS) is 15.5. The van der Waals surface area contributed by atoms with Gasteiger partial charge in [-0.1, -0.05) is 35.6 Å². The zero-order valence-corrected chi connectivity index (χ0v) is 18.1. The Morgan fingerprint density at radius 1 is 1.00 bits per heavy atom. The van der Waals surface area contributed by atoms with Gasteiger partial charge in [-0.3, -0.25) is 4.79 Å². The molecule has 1 aliphatic rings. The van der Waals surface area contributed by atoms with E-state index in [2.05, 4.69) is 0 Å². The van der Waals surface area contributed by atoms with E-state index in [9.17, 15) is 42.7 Å². The molecule has 0 radical (unpaired) electrons. The van der Waals surface area contributed by atoms with E-state index in [0.717, 1.165) is 18.2 Å². The van der Waals surface area contributed by atoms with Gasteiger partial charge in [-0.15, -0.1) is 0 Å². The second kappa shape index (κ2) is 8.49. The number of Topliss-reactive ketones (excluding diaryl/α,β-unsaturated/α-hetero) is 1. The first-order chi connectivity index (χ1) is 15.3. The van der Waals surface area contributed by atoms with Crippen molar-refractivity contribution in [1.82, 2.24) is 0 Å². The molecule has 33 heavy (non-hydrogen) atoms. The quantitative estimate of drug-likeness (QED) is 0.489. The van der Waals surface area contributed by atoms with Gasteiger partial charge in [0.05, 0.1) is 10.9 Å². The number of carboxylic acids is 2. The Morgan fingerprint density at radius 3 is 2.21 bits per heavy atom. The lowest BCUT2D eigenvalue weighted by Crippen LogP contribution is -2.24. The molecule has 10 heteroatoms. The van der Waals surface area contributed by atoms with E-state index in [-0.39, 0.29) is 33.4 Å². The number of carbonyl (C=O) groups is 3. The fourth-order valence-corrected chi connectivity index (χ4v) is 4.20. The number of hydrogen-bond donors (Lipinski definition) is 1. The Labute approximate surface area is 188 Å². The number of carboxylic acid groups (broad SMARTS) is 2. The number of rotatable bonds is 5. The maximum absolute atomic E-state index is 12.3. The van der Waals surface area contributed by atoms with Crippen LogP contribution < -0.4 is 10.2 Å². The molecule has 9 nitrogen and oxygen atoms in total. The van der Waals surface area contributed by atoms with E-state index < -0.39 is 49.6 Å². The topological polar surface area (TPSA) is 175 Å². The van der Waals surface area contributed by atoms with Crippen molar-refractivity contribution in [1.29, 1.82) is 0 Å². The van der Waals surface area contributed by atoms with Crippen LogP contribution in [0.4, 0.5) is 0 Å². The maximum Gasteiger partial charge on any atom is 0.339 e. The number of aromatic carboxylic acids is 1. The standard InChI is InChI=1S/C23H18O9S/c1-11-7-13(9-16(20(11)24)22(26)27)19(15-5-3-4-6-18(15)33(30,31)32)14-8-12(2)21(25)17(10-14)23(28)29/h3-10,24H,1-2H3,(H,26,27)(H,28,29)(H,30,31,32)/p-3. The van der Waals surface area contributed by atoms with Crippen LogP contribution in [0.25, 0.3) is 5.57 Å². The number of aryl methyl sites for hydroxylation is 1. The first-order valence-corrected chi connectivity index (χ1v) is 10.7. The van der Waals surface area contributed by atoms with Crippen LogP contribution in [0.5, 0.6) is 5.75 Å². The van der Waals surface area contributed by atoms with Crippen molar-refractivity contribution in [2.45, 2.75) is 18.7 Å². The Morgan fingerprint density at radius 2 is 1.64 bits per heavy atom. The largest absolute Gasteiger partial charge is 0.872 e. The van der Waals surface area contributed by atoms with Crippen LogP contribution in [-0.4, -0.2) is 35.8 Å². The van der Waals surface area contributed by atoms with Crippen molar-refractivity contribution in [3.8, 4) is 5.75 Å². The Hall–Kier alpha value is -4.02. The van der Waals surface area contributed by atoms with Crippen molar-refractivity contribution < 1.29 is 42.7 Å². The molecule has 2 aromatic rings. The molecule has 0 aromatic heterocycles. The smallest absolute Gasteiger partial charge is 0.339 e. The van der Waals surface area contributed by atoms with E-state index in [1.54, 1.807) is 0 Å². The van der Waals surface area contributed by atoms with Gasteiger partial charge in [-0.05, 0) is 66.0 Å². The summed E-state index contributed by atoms with van der Waals surface area (Å²) in [6.45, 7) is 2.69. The highest BCUT2D eigenvalue weighted by molar-refractivity contribution is 7.85. The molecule has 0 spiro atoms. The zero-order valence-electron chi connectivity index (χ0n) is 17.2. The highest BCUT2D eigenvalue weighted by Crippen LogP contribution is 2.37. The maximum atomic E-state index is 12.3. The Bertz CT molecular complexity index is 1420. The third kappa shape index (κ3) is 4.47. The number of ketones is 1. The molecule has 0 heterocycles. The summed E-state index contributed by atoms with van der Waals surface area (Å²) in [7, 11) is -5.02. The van der Waals surface area contributed by atoms with Gasteiger partial charge in [0.2, 0.25) is 0 Å². The fourth-order valence-electron chi connectivity index (χ4n) is 3.52. The van der Waals surface area contributed by atoms with Gasteiger partial charge in [0.15, 0.2) is 5.78 Å². The molecule has 1 N–H and O–H groups in total. The predicted octanol–water partition coefficient (Wildman–Crippen LogP) is 0.678. The molecular weight excluding hydrogens is 452 g/mol. The first-order valence-electron chi connectivity index (χ1n) is 9.34. The summed E-state index contributed by atoms with van der Waals surface area (Å²) in [6.07, 6.45) is 2.29. The second-order valence-corrected chi connectivity index (χ2v) is 8.61. The van der Waals surface area contributed by atoms with Crippen molar-refractivity contribution in [2.75, 3.05) is 0 Å². The number of allylic oxidation sites excluding steroid dienone is 4. The highest BCUT2D eigenvalue weighted by atomic mass is 32.2. The average Bonchev–Trinajstić information content (AvgIpc) is 2.72. The van der Waals surface area contributed by atoms with Crippen molar-refractivity contribution in [3.63, 3.8) is 0 Å². The number of benzene rings is 2. The van der Waals surface area contributed by atoms with Gasteiger partial charge in [0.25, 0.3) is 0 Å². The molecule has 3 rings (SSSR count). The molecule has 1 aliphatic carbocycles. The minimum atomic E-state index is -5.02. The average molecular weight is 467 g/mol. The number of carbonyl (C=O) groups excluding carboxylic acids is 2. The monoisotopic (exact) mass is 467 g/mol. The van der Waals surface area contributed by atoms with Crippen molar-refractivity contribution in [2.24, 2.45) is 0 Å². The van der Waals surface area contributed by atoms with Crippen LogP contribution in [0.3, 0.4) is 0 Å². The molecule has 170 valence electrons. The minimum Gasteiger partial charge on any atom is -0.872 e. The lowest BCUT2D eigenvalue weighted by Gasteiger charge is -2.24. The van der Waals surface area contributed by atoms with E-state index in [1.165, 1.54) is 44.2 Å². The first kappa shape index (κ1) is 23.6. The number of hydrogen-bond acceptors (Lipinski definition) is 8. The van der Waals surface area contributed by atoms with Crippen LogP contribution in [0, 0.1) is 6.92 Å². The third-order valence-electron chi connectivity index (χ3n) is 5.00. The number of aliphatic carboxylic acids is 1. The van der Waals surface area contributed by atoms with Crippen molar-refractivity contribution >= 4 is 33.4 Å². The molecule has 0 amide bonds. The summed E-state index contributed by atoms with van der Waals surface area (Å²) < 4.78 is 35.8. The summed E-state index contributed by atoms with van der Waals surface area (Å²) in [4.78, 5) is 34.7. The molecule has 0 fully saturated rings. The van der Waals surface area contributed by atoms with E-state index in [1.807, 2.05) is 0 Å². The second-order valence-electron chi connectivity index (χ2n) is 7.26. The molecule has 0 atom stereocenters. The van der Waals surface area contributed by atoms with Crippen LogP contribution in [0.2, 0.25) is 0 Å². The predicted molar refractivity (Wildman–Crippen MR) is 110 cm³/mol. The molecule has 0 unspecified atom stereocenters. The van der Waals surface area contributed by atoms with E-state index >= 15 is 0 Å². The van der Waals surface area contributed by atoms with Gasteiger partial charge in [-0.2, -0.15) is 0 Å². The van der Waals surface area contributed by atoms with E-state index in [0.29, 0.717) is 0 Å². The van der Waals surface area contributed by atoms with Gasteiger partial charge < -0.3 is 24.7 Å². The van der Waals surface area contributed by atoms with Gasteiger partial charge in [0, 0.05) is 5.56 Å². The van der Waals surface area contributed by atoms with Gasteiger partial charge >= 0.3 is 5.97 Å². The fraction of sp³-hybridized carbons (Fsp3) is 0.0870. The summed E-state index contributed by atoms with van der Waals surface area (Å²) in [5.74, 6) is -4.89. The molecule has 0 saturated carbocycles. The Balaban J connectivity index is 2.54. The highest BCUT2D eigenvalue weighted by Gasteiger charge is 2.26. The van der Waals surface area contributed by atoms with Gasteiger partial charge in [0.1, 0.15) is 15.7 Å². The molecule has 2 aromatic carbocycles. The molecule has 0 aliphatic heterocycles. The Kier molecular flexibility index (Phi) is 6.08. The summed E-state index contributed by atoms with van der Waals surface area (Å²) in [5.41, 5.74) is -1.49.